The molecule has 0 aliphatic rings. The molecule has 0 fully saturated rings. The maximum absolute atomic E-state index is 11.1. The summed E-state index contributed by atoms with van der Waals surface area (Å²) in [5, 5.41) is 5.72. The van der Waals surface area contributed by atoms with E-state index in [2.05, 4.69) is 20.0 Å². The van der Waals surface area contributed by atoms with E-state index in [1.165, 1.54) is 0 Å². The van der Waals surface area contributed by atoms with E-state index >= 15 is 0 Å². The highest BCUT2D eigenvalue weighted by Gasteiger charge is 2.12. The summed E-state index contributed by atoms with van der Waals surface area (Å²) in [5.41, 5.74) is 0. The van der Waals surface area contributed by atoms with Gasteiger partial charge in [-0.15, -0.1) is 0 Å². The van der Waals surface area contributed by atoms with Crippen molar-refractivity contribution in [3.8, 4) is 0 Å². The van der Waals surface area contributed by atoms with Crippen LogP contribution in [-0.4, -0.2) is 22.3 Å². The molecule has 0 aliphatic carbocycles. The topological polar surface area (TPSA) is 77.3 Å². The van der Waals surface area contributed by atoms with Gasteiger partial charge in [0.15, 0.2) is 0 Å². The van der Waals surface area contributed by atoms with E-state index in [0.717, 1.165) is 0 Å². The van der Waals surface area contributed by atoms with Crippen molar-refractivity contribution in [3.05, 3.63) is 0 Å². The van der Waals surface area contributed by atoms with Gasteiger partial charge in [0.25, 0.3) is 0 Å². The van der Waals surface area contributed by atoms with Crippen molar-refractivity contribution in [1.29, 1.82) is 0 Å². The number of hydrogen-bond acceptors (Lipinski definition) is 6. The van der Waals surface area contributed by atoms with Crippen LogP contribution in [0.15, 0.2) is 10.3 Å². The number of hydrogen-bond donors (Lipinski definition) is 0. The van der Waals surface area contributed by atoms with E-state index < -0.39 is 11.9 Å². The van der Waals surface area contributed by atoms with E-state index in [4.69, 9.17) is 23.2 Å². The van der Waals surface area contributed by atoms with E-state index in [0.29, 0.717) is 0 Å². The van der Waals surface area contributed by atoms with E-state index in [-0.39, 0.29) is 22.2 Å². The van der Waals surface area contributed by atoms with Crippen LogP contribution in [0.1, 0.15) is 27.7 Å². The van der Waals surface area contributed by atoms with Crippen LogP contribution in [0.4, 0.5) is 0 Å². The van der Waals surface area contributed by atoms with Crippen LogP contribution < -0.4 is 0 Å². The minimum absolute atomic E-state index is 0.354. The number of nitrogens with zero attached hydrogens (tertiary/aromatic N) is 2. The van der Waals surface area contributed by atoms with E-state index in [9.17, 15) is 9.59 Å². The fourth-order valence-corrected chi connectivity index (χ4v) is 0.594. The lowest BCUT2D eigenvalue weighted by Crippen LogP contribution is -2.12. The minimum atomic E-state index is -0.572. The number of carbonyl (C=O) groups excluding carboxylic acids is 2. The average Bonchev–Trinajstić information content (AvgIpc) is 2.31. The van der Waals surface area contributed by atoms with Crippen LogP contribution in [0.25, 0.3) is 0 Å². The van der Waals surface area contributed by atoms with Gasteiger partial charge in [-0.25, -0.2) is 9.59 Å². The van der Waals surface area contributed by atoms with Gasteiger partial charge in [-0.1, -0.05) is 61.2 Å². The summed E-state index contributed by atoms with van der Waals surface area (Å²) in [5.74, 6) is -1.85. The van der Waals surface area contributed by atoms with E-state index in [1.54, 1.807) is 27.7 Å². The smallest absolute Gasteiger partial charge is 0.316 e. The molecule has 0 amide bonds. The first-order chi connectivity index (χ1) is 8.25. The molecule has 0 atom stereocenters. The molecule has 0 aromatic rings. The van der Waals surface area contributed by atoms with Gasteiger partial charge >= 0.3 is 11.9 Å². The summed E-state index contributed by atoms with van der Waals surface area (Å²) in [6, 6.07) is 0. The molecule has 6 nitrogen and oxygen atoms in total. The first kappa shape index (κ1) is 16.9. The maximum atomic E-state index is 11.1. The monoisotopic (exact) mass is 296 g/mol. The zero-order chi connectivity index (χ0) is 14.3. The van der Waals surface area contributed by atoms with Gasteiger partial charge < -0.3 is 9.68 Å². The molecule has 0 rings (SSSR count). The number of rotatable bonds is 5. The first-order valence-corrected chi connectivity index (χ1v) is 5.90. The molecule has 8 heteroatoms. The molecule has 0 unspecified atom stereocenters. The molecule has 0 saturated carbocycles. The Morgan fingerprint density at radius 2 is 1.11 bits per heavy atom. The largest absolute Gasteiger partial charge is 0.337 e. The maximum Gasteiger partial charge on any atom is 0.337 e. The fraction of sp³-hybridized carbons (Fsp3) is 0.600. The number of halogens is 2. The SMILES string of the molecule is CC(C)C(=O)ON=C(Cl)C(Cl)=NOC(=O)C(C)C. The summed E-state index contributed by atoms with van der Waals surface area (Å²) in [7, 11) is 0. The van der Waals surface area contributed by atoms with Gasteiger partial charge in [0.2, 0.25) is 10.3 Å². The summed E-state index contributed by atoms with van der Waals surface area (Å²) >= 11 is 11.1. The number of carbonyl (C=O) groups is 2. The predicted molar refractivity (Wildman–Crippen MR) is 68.4 cm³/mol. The third kappa shape index (κ3) is 6.56. The first-order valence-electron chi connectivity index (χ1n) is 5.14. The highest BCUT2D eigenvalue weighted by molar-refractivity contribution is 7.00. The highest BCUT2D eigenvalue weighted by atomic mass is 35.5. The van der Waals surface area contributed by atoms with E-state index in [1.807, 2.05) is 0 Å². The van der Waals surface area contributed by atoms with Crippen molar-refractivity contribution in [3.63, 3.8) is 0 Å². The van der Waals surface area contributed by atoms with Crippen LogP contribution in [0.2, 0.25) is 0 Å². The Morgan fingerprint density at radius 3 is 1.33 bits per heavy atom. The molecule has 102 valence electrons. The van der Waals surface area contributed by atoms with Gasteiger partial charge in [-0.3, -0.25) is 0 Å². The molecule has 0 spiro atoms. The normalized spacial score (nSPS) is 12.9. The van der Waals surface area contributed by atoms with Crippen molar-refractivity contribution in [1.82, 2.24) is 0 Å². The summed E-state index contributed by atoms with van der Waals surface area (Å²) in [6.45, 7) is 6.52. The molecular formula is C10H14Cl2N2O4. The van der Waals surface area contributed by atoms with Gasteiger partial charge in [0.05, 0.1) is 11.8 Å². The molecule has 0 saturated heterocycles. The number of oxime groups is 2. The lowest BCUT2D eigenvalue weighted by molar-refractivity contribution is -0.148. The second-order valence-electron chi connectivity index (χ2n) is 3.89. The Hall–Kier alpha value is -1.14. The Kier molecular flexibility index (Phi) is 7.54. The van der Waals surface area contributed by atoms with Crippen molar-refractivity contribution in [2.75, 3.05) is 0 Å². The summed E-state index contributed by atoms with van der Waals surface area (Å²) < 4.78 is 0. The zero-order valence-electron chi connectivity index (χ0n) is 10.4. The molecule has 0 radical (unpaired) electrons. The Labute approximate surface area is 115 Å². The van der Waals surface area contributed by atoms with Crippen LogP contribution in [0.5, 0.6) is 0 Å². The third-order valence-corrected chi connectivity index (χ3v) is 2.14. The molecule has 0 bridgehead atoms. The molecule has 0 aromatic heterocycles. The van der Waals surface area contributed by atoms with Crippen LogP contribution >= 0.6 is 23.2 Å². The molecule has 18 heavy (non-hydrogen) atoms. The van der Waals surface area contributed by atoms with Crippen molar-refractivity contribution in [2.24, 2.45) is 22.1 Å². The summed E-state index contributed by atoms with van der Waals surface area (Å²) in [4.78, 5) is 31.0. The van der Waals surface area contributed by atoms with Crippen LogP contribution in [0, 0.1) is 11.8 Å². The highest BCUT2D eigenvalue weighted by Crippen LogP contribution is 2.03. The zero-order valence-corrected chi connectivity index (χ0v) is 11.9. The van der Waals surface area contributed by atoms with Gasteiger partial charge in [0.1, 0.15) is 0 Å². The molecular weight excluding hydrogens is 283 g/mol. The Balaban J connectivity index is 4.45. The summed E-state index contributed by atoms with van der Waals surface area (Å²) in [6.07, 6.45) is 0. The molecule has 0 aliphatic heterocycles. The molecule has 0 heterocycles. The molecule has 0 N–H and O–H groups in total. The molecule has 0 aromatic carbocycles. The fourth-order valence-electron chi connectivity index (χ4n) is 0.456. The Morgan fingerprint density at radius 1 is 0.833 bits per heavy atom. The van der Waals surface area contributed by atoms with Crippen LogP contribution in [0.3, 0.4) is 0 Å². The second kappa shape index (κ2) is 8.05. The third-order valence-electron chi connectivity index (χ3n) is 1.54. The quantitative estimate of drug-likeness (QED) is 0.444. The van der Waals surface area contributed by atoms with Crippen molar-refractivity contribution in [2.45, 2.75) is 27.7 Å². The Bertz CT molecular complexity index is 342. The average molecular weight is 297 g/mol. The standard InChI is InChI=1S/C10H14Cl2N2O4/c1-5(2)9(15)17-13-7(11)8(12)14-18-10(16)6(3)4/h5-6H,1-4H3. The predicted octanol–water partition coefficient (Wildman–Crippen LogP) is 2.49. The van der Waals surface area contributed by atoms with Gasteiger partial charge in [-0.2, -0.15) is 0 Å². The lowest BCUT2D eigenvalue weighted by atomic mass is 10.2. The van der Waals surface area contributed by atoms with Crippen LogP contribution in [-0.2, 0) is 19.3 Å². The second-order valence-corrected chi connectivity index (χ2v) is 4.61. The van der Waals surface area contributed by atoms with Gasteiger partial charge in [-0.05, 0) is 0 Å². The lowest BCUT2D eigenvalue weighted by Gasteiger charge is -2.01. The van der Waals surface area contributed by atoms with Crippen molar-refractivity contribution < 1.29 is 19.3 Å². The van der Waals surface area contributed by atoms with Crippen molar-refractivity contribution >= 4 is 45.5 Å². The minimum Gasteiger partial charge on any atom is -0.316 e. The van der Waals surface area contributed by atoms with Gasteiger partial charge in [0, 0.05) is 0 Å².